The van der Waals surface area contributed by atoms with E-state index in [0.29, 0.717) is 6.61 Å². The van der Waals surface area contributed by atoms with E-state index in [4.69, 9.17) is 4.74 Å². The first kappa shape index (κ1) is 8.27. The summed E-state index contributed by atoms with van der Waals surface area (Å²) in [6.45, 7) is 1.69. The minimum atomic E-state index is -0.436. The van der Waals surface area contributed by atoms with E-state index in [-0.39, 0.29) is 11.9 Å². The van der Waals surface area contributed by atoms with Crippen molar-refractivity contribution in [3.63, 3.8) is 0 Å². The number of allylic oxidation sites excluding steroid dienone is 1. The van der Waals surface area contributed by atoms with Gasteiger partial charge in [-0.05, 0) is 6.42 Å². The van der Waals surface area contributed by atoms with Gasteiger partial charge in [-0.3, -0.25) is 4.79 Å². The minimum Gasteiger partial charge on any atom is -0.465 e. The van der Waals surface area contributed by atoms with Crippen LogP contribution in [-0.2, 0) is 9.53 Å². The van der Waals surface area contributed by atoms with Gasteiger partial charge in [0.25, 0.3) is 0 Å². The van der Waals surface area contributed by atoms with Crippen LogP contribution in [0.15, 0.2) is 12.2 Å². The van der Waals surface area contributed by atoms with Gasteiger partial charge in [0.15, 0.2) is 0 Å². The maximum Gasteiger partial charge on any atom is 0.302 e. The van der Waals surface area contributed by atoms with E-state index in [1.54, 1.807) is 6.08 Å². The van der Waals surface area contributed by atoms with Gasteiger partial charge in [-0.2, -0.15) is 0 Å². The van der Waals surface area contributed by atoms with Crippen molar-refractivity contribution in [2.45, 2.75) is 19.4 Å². The molecular formula is C8H12O3. The summed E-state index contributed by atoms with van der Waals surface area (Å²) < 4.78 is 4.76. The van der Waals surface area contributed by atoms with Gasteiger partial charge >= 0.3 is 5.97 Å². The third kappa shape index (κ3) is 2.35. The van der Waals surface area contributed by atoms with Gasteiger partial charge in [-0.25, -0.2) is 0 Å². The molecular weight excluding hydrogens is 144 g/mol. The summed E-state index contributed by atoms with van der Waals surface area (Å²) in [4.78, 5) is 10.4. The zero-order valence-electron chi connectivity index (χ0n) is 6.49. The summed E-state index contributed by atoms with van der Waals surface area (Å²) in [5.41, 5.74) is 0. The van der Waals surface area contributed by atoms with Gasteiger partial charge in [0.1, 0.15) is 0 Å². The smallest absolute Gasteiger partial charge is 0.302 e. The average Bonchev–Trinajstić information content (AvgIpc) is 2.31. The van der Waals surface area contributed by atoms with E-state index >= 15 is 0 Å². The number of ether oxygens (including phenoxy) is 1. The number of aliphatic hydroxyl groups excluding tert-OH is 1. The highest BCUT2D eigenvalue weighted by atomic mass is 16.5. The molecule has 0 saturated carbocycles. The zero-order chi connectivity index (χ0) is 8.27. The minimum absolute atomic E-state index is 0.0684. The molecule has 0 aromatic rings. The van der Waals surface area contributed by atoms with E-state index < -0.39 is 6.10 Å². The van der Waals surface area contributed by atoms with Crippen LogP contribution in [0.25, 0.3) is 0 Å². The maximum absolute atomic E-state index is 10.4. The summed E-state index contributed by atoms with van der Waals surface area (Å²) in [6.07, 6.45) is 4.00. The lowest BCUT2D eigenvalue weighted by Crippen LogP contribution is -2.20. The highest BCUT2D eigenvalue weighted by Crippen LogP contribution is 2.18. The van der Waals surface area contributed by atoms with E-state index in [2.05, 4.69) is 0 Å². The third-order valence-electron chi connectivity index (χ3n) is 1.76. The molecule has 1 N–H and O–H groups in total. The Kier molecular flexibility index (Phi) is 2.65. The fraction of sp³-hybridized carbons (Fsp3) is 0.625. The van der Waals surface area contributed by atoms with Crippen LogP contribution in [0.2, 0.25) is 0 Å². The molecule has 0 bridgehead atoms. The van der Waals surface area contributed by atoms with E-state index in [0.717, 1.165) is 6.42 Å². The lowest BCUT2D eigenvalue weighted by Gasteiger charge is -2.12. The predicted molar refractivity (Wildman–Crippen MR) is 39.9 cm³/mol. The highest BCUT2D eigenvalue weighted by molar-refractivity contribution is 5.65. The number of rotatable bonds is 2. The highest BCUT2D eigenvalue weighted by Gasteiger charge is 2.20. The van der Waals surface area contributed by atoms with Crippen LogP contribution in [0, 0.1) is 5.92 Å². The predicted octanol–water partition coefficient (Wildman–Crippen LogP) is 0.486. The Morgan fingerprint density at radius 2 is 2.55 bits per heavy atom. The number of carbonyl (C=O) groups excluding carboxylic acids is 1. The lowest BCUT2D eigenvalue weighted by molar-refractivity contribution is -0.142. The summed E-state index contributed by atoms with van der Waals surface area (Å²) in [7, 11) is 0. The first-order valence-electron chi connectivity index (χ1n) is 3.68. The monoisotopic (exact) mass is 156 g/mol. The van der Waals surface area contributed by atoms with Crippen LogP contribution in [0.4, 0.5) is 0 Å². The number of hydrogen-bond donors (Lipinski definition) is 1. The first-order valence-corrected chi connectivity index (χ1v) is 3.68. The topological polar surface area (TPSA) is 46.5 Å². The van der Waals surface area contributed by atoms with Crippen molar-refractivity contribution < 1.29 is 14.6 Å². The summed E-state index contributed by atoms with van der Waals surface area (Å²) in [5.74, 6) is -0.219. The van der Waals surface area contributed by atoms with E-state index in [9.17, 15) is 9.90 Å². The molecule has 1 aliphatic carbocycles. The zero-order valence-corrected chi connectivity index (χ0v) is 6.49. The first-order chi connectivity index (χ1) is 5.20. The van der Waals surface area contributed by atoms with Gasteiger partial charge in [0.05, 0.1) is 12.7 Å². The van der Waals surface area contributed by atoms with E-state index in [1.807, 2.05) is 6.08 Å². The van der Waals surface area contributed by atoms with Crippen LogP contribution in [-0.4, -0.2) is 23.8 Å². The average molecular weight is 156 g/mol. The number of hydrogen-bond acceptors (Lipinski definition) is 3. The number of carbonyl (C=O) groups is 1. The van der Waals surface area contributed by atoms with Crippen molar-refractivity contribution in [3.8, 4) is 0 Å². The number of esters is 1. The second kappa shape index (κ2) is 3.53. The molecule has 11 heavy (non-hydrogen) atoms. The Hall–Kier alpha value is -0.830. The summed E-state index contributed by atoms with van der Waals surface area (Å²) in [6, 6.07) is 0. The van der Waals surface area contributed by atoms with Gasteiger partial charge < -0.3 is 9.84 Å². The van der Waals surface area contributed by atoms with Crippen molar-refractivity contribution in [3.05, 3.63) is 12.2 Å². The molecule has 0 aliphatic heterocycles. The fourth-order valence-corrected chi connectivity index (χ4v) is 1.08. The quantitative estimate of drug-likeness (QED) is 0.467. The van der Waals surface area contributed by atoms with Gasteiger partial charge in [0.2, 0.25) is 0 Å². The fourth-order valence-electron chi connectivity index (χ4n) is 1.08. The van der Waals surface area contributed by atoms with Gasteiger partial charge in [-0.15, -0.1) is 0 Å². The van der Waals surface area contributed by atoms with E-state index in [1.165, 1.54) is 6.92 Å². The molecule has 62 valence electrons. The Morgan fingerprint density at radius 1 is 1.82 bits per heavy atom. The van der Waals surface area contributed by atoms with Crippen LogP contribution in [0.3, 0.4) is 0 Å². The second-order valence-corrected chi connectivity index (χ2v) is 2.72. The Balaban J connectivity index is 2.23. The molecule has 0 spiro atoms. The van der Waals surface area contributed by atoms with Crippen LogP contribution in [0.5, 0.6) is 0 Å². The van der Waals surface area contributed by atoms with Crippen molar-refractivity contribution in [1.29, 1.82) is 0 Å². The van der Waals surface area contributed by atoms with Crippen molar-refractivity contribution in [1.82, 2.24) is 0 Å². The standard InChI is InChI=1S/C8H12O3/c1-6(9)11-5-7-3-2-4-8(7)10/h2,4,7-8,10H,3,5H2,1H3/t7-,8-/m1/s1. The molecule has 0 amide bonds. The van der Waals surface area contributed by atoms with Crippen molar-refractivity contribution >= 4 is 5.97 Å². The third-order valence-corrected chi connectivity index (χ3v) is 1.76. The molecule has 3 heteroatoms. The lowest BCUT2D eigenvalue weighted by atomic mass is 10.1. The summed E-state index contributed by atoms with van der Waals surface area (Å²) >= 11 is 0. The molecule has 1 rings (SSSR count). The molecule has 0 aromatic carbocycles. The maximum atomic E-state index is 10.4. The molecule has 1 aliphatic rings. The number of aliphatic hydroxyl groups is 1. The summed E-state index contributed by atoms with van der Waals surface area (Å²) in [5, 5.41) is 9.22. The SMILES string of the molecule is CC(=O)OC[C@H]1CC=C[C@H]1O. The Labute approximate surface area is 65.7 Å². The normalized spacial score (nSPS) is 28.9. The molecule has 0 radical (unpaired) electrons. The second-order valence-electron chi connectivity index (χ2n) is 2.72. The molecule has 3 nitrogen and oxygen atoms in total. The molecule has 0 fully saturated rings. The molecule has 0 heterocycles. The van der Waals surface area contributed by atoms with Crippen LogP contribution < -0.4 is 0 Å². The van der Waals surface area contributed by atoms with Gasteiger partial charge in [0, 0.05) is 12.8 Å². The molecule has 0 aromatic heterocycles. The largest absolute Gasteiger partial charge is 0.465 e. The Morgan fingerprint density at radius 3 is 3.00 bits per heavy atom. The van der Waals surface area contributed by atoms with Crippen molar-refractivity contribution in [2.75, 3.05) is 6.61 Å². The van der Waals surface area contributed by atoms with Crippen LogP contribution >= 0.6 is 0 Å². The van der Waals surface area contributed by atoms with Crippen LogP contribution in [0.1, 0.15) is 13.3 Å². The van der Waals surface area contributed by atoms with Crippen molar-refractivity contribution in [2.24, 2.45) is 5.92 Å². The van der Waals surface area contributed by atoms with Gasteiger partial charge in [-0.1, -0.05) is 12.2 Å². The molecule has 0 unspecified atom stereocenters. The Bertz CT molecular complexity index is 174. The molecule has 2 atom stereocenters. The molecule has 0 saturated heterocycles.